The standard InChI is InChI=1S/C18H24N2OS/c1-3-20(4-2)16-15-19-22(21,17-11-7-5-8-12-17)18-13-9-6-10-14-18/h5-14H,3-4,15-16H2,1-2H3. The van der Waals surface area contributed by atoms with Crippen LogP contribution < -0.4 is 0 Å². The lowest BCUT2D eigenvalue weighted by molar-refractivity contribution is 0.313. The normalized spacial score (nSPS) is 11.6. The van der Waals surface area contributed by atoms with Crippen LogP contribution in [0.2, 0.25) is 0 Å². The van der Waals surface area contributed by atoms with Gasteiger partial charge in [-0.2, -0.15) is 0 Å². The SMILES string of the molecule is CCN(CC)CCN=S(=O)(c1ccccc1)c1ccccc1. The molecule has 0 radical (unpaired) electrons. The summed E-state index contributed by atoms with van der Waals surface area (Å²) in [4.78, 5) is 3.85. The molecule has 0 spiro atoms. The molecule has 0 fully saturated rings. The van der Waals surface area contributed by atoms with E-state index >= 15 is 0 Å². The molecule has 2 rings (SSSR count). The van der Waals surface area contributed by atoms with Crippen molar-refractivity contribution in [2.75, 3.05) is 26.2 Å². The monoisotopic (exact) mass is 316 g/mol. The van der Waals surface area contributed by atoms with E-state index < -0.39 is 9.73 Å². The summed E-state index contributed by atoms with van der Waals surface area (Å²) in [5.41, 5.74) is 0. The van der Waals surface area contributed by atoms with E-state index in [9.17, 15) is 4.21 Å². The minimum atomic E-state index is -2.56. The van der Waals surface area contributed by atoms with E-state index in [4.69, 9.17) is 0 Å². The molecular formula is C18H24N2OS. The second-order valence-corrected chi connectivity index (χ2v) is 7.28. The lowest BCUT2D eigenvalue weighted by Crippen LogP contribution is -2.26. The van der Waals surface area contributed by atoms with Crippen LogP contribution in [0.5, 0.6) is 0 Å². The van der Waals surface area contributed by atoms with Crippen molar-refractivity contribution in [1.29, 1.82) is 0 Å². The zero-order valence-electron chi connectivity index (χ0n) is 13.3. The molecule has 0 atom stereocenters. The minimum Gasteiger partial charge on any atom is -0.302 e. The van der Waals surface area contributed by atoms with Crippen LogP contribution in [-0.4, -0.2) is 35.3 Å². The van der Waals surface area contributed by atoms with Crippen molar-refractivity contribution in [2.45, 2.75) is 23.6 Å². The fourth-order valence-electron chi connectivity index (χ4n) is 2.35. The Bertz CT molecular complexity index is 627. The highest BCUT2D eigenvalue weighted by Gasteiger charge is 2.15. The maximum Gasteiger partial charge on any atom is 0.104 e. The van der Waals surface area contributed by atoms with Crippen molar-refractivity contribution in [1.82, 2.24) is 4.90 Å². The summed E-state index contributed by atoms with van der Waals surface area (Å²) in [7, 11) is -2.56. The van der Waals surface area contributed by atoms with Gasteiger partial charge in [0.2, 0.25) is 0 Å². The topological polar surface area (TPSA) is 32.7 Å². The molecule has 2 aromatic rings. The molecule has 22 heavy (non-hydrogen) atoms. The molecule has 0 aliphatic rings. The summed E-state index contributed by atoms with van der Waals surface area (Å²) < 4.78 is 18.2. The summed E-state index contributed by atoms with van der Waals surface area (Å²) in [6.45, 7) is 7.66. The van der Waals surface area contributed by atoms with E-state index in [-0.39, 0.29) is 0 Å². The van der Waals surface area contributed by atoms with E-state index in [1.165, 1.54) is 0 Å². The van der Waals surface area contributed by atoms with Crippen LogP contribution in [0.15, 0.2) is 74.8 Å². The zero-order chi connectivity index (χ0) is 15.8. The minimum absolute atomic E-state index is 0.574. The summed E-state index contributed by atoms with van der Waals surface area (Å²) in [5, 5.41) is 0. The van der Waals surface area contributed by atoms with Gasteiger partial charge in [0.1, 0.15) is 9.73 Å². The molecule has 3 nitrogen and oxygen atoms in total. The van der Waals surface area contributed by atoms with Crippen molar-refractivity contribution in [3.8, 4) is 0 Å². The van der Waals surface area contributed by atoms with Crippen LogP contribution in [-0.2, 0) is 9.73 Å². The first-order valence-corrected chi connectivity index (χ1v) is 9.27. The average molecular weight is 316 g/mol. The van der Waals surface area contributed by atoms with Crippen LogP contribution >= 0.6 is 0 Å². The third-order valence-electron chi connectivity index (χ3n) is 3.71. The second kappa shape index (κ2) is 8.11. The predicted octanol–water partition coefficient (Wildman–Crippen LogP) is 3.91. The first-order valence-electron chi connectivity index (χ1n) is 7.76. The molecule has 0 aliphatic heterocycles. The average Bonchev–Trinajstić information content (AvgIpc) is 2.60. The number of likely N-dealkylation sites (N-methyl/N-ethyl adjacent to an activating group) is 1. The van der Waals surface area contributed by atoms with E-state index in [0.29, 0.717) is 6.54 Å². The van der Waals surface area contributed by atoms with Crippen LogP contribution in [0.4, 0.5) is 0 Å². The van der Waals surface area contributed by atoms with Crippen LogP contribution in [0.25, 0.3) is 0 Å². The molecule has 0 aromatic heterocycles. The Balaban J connectivity index is 2.37. The van der Waals surface area contributed by atoms with Gasteiger partial charge in [0.15, 0.2) is 0 Å². The summed E-state index contributed by atoms with van der Waals surface area (Å²) in [5.74, 6) is 0. The number of hydrogen-bond acceptors (Lipinski definition) is 3. The fourth-order valence-corrected chi connectivity index (χ4v) is 4.31. The van der Waals surface area contributed by atoms with Gasteiger partial charge in [-0.3, -0.25) is 0 Å². The van der Waals surface area contributed by atoms with E-state index in [1.54, 1.807) is 0 Å². The lowest BCUT2D eigenvalue weighted by Gasteiger charge is -2.17. The Morgan fingerprint density at radius 2 is 1.32 bits per heavy atom. The quantitative estimate of drug-likeness (QED) is 0.775. The van der Waals surface area contributed by atoms with Crippen molar-refractivity contribution < 1.29 is 4.21 Å². The Hall–Kier alpha value is -1.65. The highest BCUT2D eigenvalue weighted by atomic mass is 32.2. The largest absolute Gasteiger partial charge is 0.302 e. The van der Waals surface area contributed by atoms with Gasteiger partial charge in [0, 0.05) is 6.54 Å². The molecule has 0 heterocycles. The van der Waals surface area contributed by atoms with Gasteiger partial charge in [-0.1, -0.05) is 50.2 Å². The van der Waals surface area contributed by atoms with Crippen LogP contribution in [0.3, 0.4) is 0 Å². The van der Waals surface area contributed by atoms with Crippen molar-refractivity contribution in [3.05, 3.63) is 60.7 Å². The molecule has 0 amide bonds. The number of benzene rings is 2. The van der Waals surface area contributed by atoms with Gasteiger partial charge in [0.05, 0.1) is 16.3 Å². The van der Waals surface area contributed by atoms with E-state index in [0.717, 1.165) is 29.4 Å². The molecular weight excluding hydrogens is 292 g/mol. The maximum atomic E-state index is 13.6. The molecule has 2 aromatic carbocycles. The van der Waals surface area contributed by atoms with Gasteiger partial charge in [-0.25, -0.2) is 8.57 Å². The first-order chi connectivity index (χ1) is 10.7. The van der Waals surface area contributed by atoms with E-state index in [2.05, 4.69) is 23.1 Å². The molecule has 4 heteroatoms. The maximum absolute atomic E-state index is 13.6. The summed E-state index contributed by atoms with van der Waals surface area (Å²) in [6, 6.07) is 19.1. The van der Waals surface area contributed by atoms with Crippen molar-refractivity contribution in [3.63, 3.8) is 0 Å². The third kappa shape index (κ3) is 3.96. The van der Waals surface area contributed by atoms with Crippen molar-refractivity contribution >= 4 is 9.73 Å². The molecule has 0 aliphatic carbocycles. The van der Waals surface area contributed by atoms with E-state index in [1.807, 2.05) is 60.7 Å². The molecule has 0 saturated heterocycles. The zero-order valence-corrected chi connectivity index (χ0v) is 14.1. The Morgan fingerprint density at radius 1 is 0.864 bits per heavy atom. The predicted molar refractivity (Wildman–Crippen MR) is 92.6 cm³/mol. The Morgan fingerprint density at radius 3 is 1.73 bits per heavy atom. The smallest absolute Gasteiger partial charge is 0.104 e. The molecule has 0 N–H and O–H groups in total. The van der Waals surface area contributed by atoms with Gasteiger partial charge >= 0.3 is 0 Å². The molecule has 0 saturated carbocycles. The van der Waals surface area contributed by atoms with Crippen molar-refractivity contribution in [2.24, 2.45) is 4.36 Å². The second-order valence-electron chi connectivity index (χ2n) is 5.03. The number of nitrogens with zero attached hydrogens (tertiary/aromatic N) is 2. The lowest BCUT2D eigenvalue weighted by atomic mass is 10.4. The van der Waals surface area contributed by atoms with Crippen LogP contribution in [0, 0.1) is 0 Å². The van der Waals surface area contributed by atoms with Gasteiger partial charge < -0.3 is 4.90 Å². The van der Waals surface area contributed by atoms with Gasteiger partial charge in [0.25, 0.3) is 0 Å². The Kier molecular flexibility index (Phi) is 6.16. The molecule has 118 valence electrons. The highest BCUT2D eigenvalue weighted by Crippen LogP contribution is 2.23. The van der Waals surface area contributed by atoms with Crippen LogP contribution in [0.1, 0.15) is 13.8 Å². The fraction of sp³-hybridized carbons (Fsp3) is 0.333. The van der Waals surface area contributed by atoms with Gasteiger partial charge in [-0.15, -0.1) is 0 Å². The first kappa shape index (κ1) is 16.7. The number of rotatable bonds is 7. The highest BCUT2D eigenvalue weighted by molar-refractivity contribution is 7.93. The third-order valence-corrected chi connectivity index (χ3v) is 6.08. The summed E-state index contributed by atoms with van der Waals surface area (Å²) in [6.07, 6.45) is 0. The molecule has 0 bridgehead atoms. The summed E-state index contributed by atoms with van der Waals surface area (Å²) >= 11 is 0. The molecule has 0 unspecified atom stereocenters. The number of hydrogen-bond donors (Lipinski definition) is 0. The van der Waals surface area contributed by atoms with Gasteiger partial charge in [-0.05, 0) is 37.4 Å². The Labute approximate surface area is 134 Å².